The lowest BCUT2D eigenvalue weighted by atomic mass is 10.1. The van der Waals surface area contributed by atoms with E-state index in [1.54, 1.807) is 12.1 Å². The number of benzene rings is 2. The van der Waals surface area contributed by atoms with Crippen LogP contribution in [0.25, 0.3) is 0 Å². The number of fused-ring (bicyclic) bond motifs is 1. The van der Waals surface area contributed by atoms with E-state index in [9.17, 15) is 18.8 Å². The van der Waals surface area contributed by atoms with Gasteiger partial charge >= 0.3 is 0 Å². The minimum Gasteiger partial charge on any atom is -0.352 e. The standard InChI is InChI=1S/C18H15FN2O3/c1-21-17(23)14-7-4-12(10-15(14)18(21)24)16(22)20-9-8-11-2-5-13(19)6-3-11/h2-7,10H,8-9H2,1H3,(H,20,22). The van der Waals surface area contributed by atoms with Crippen LogP contribution in [0, 0.1) is 5.82 Å². The van der Waals surface area contributed by atoms with E-state index >= 15 is 0 Å². The number of hydrogen-bond acceptors (Lipinski definition) is 3. The highest BCUT2D eigenvalue weighted by Gasteiger charge is 2.33. The zero-order valence-electron chi connectivity index (χ0n) is 13.0. The number of rotatable bonds is 4. The van der Waals surface area contributed by atoms with Gasteiger partial charge in [0.05, 0.1) is 11.1 Å². The molecule has 0 fully saturated rings. The van der Waals surface area contributed by atoms with Crippen LogP contribution < -0.4 is 5.32 Å². The van der Waals surface area contributed by atoms with Crippen LogP contribution in [0.4, 0.5) is 4.39 Å². The summed E-state index contributed by atoms with van der Waals surface area (Å²) in [6.07, 6.45) is 0.567. The number of nitrogens with zero attached hydrogens (tertiary/aromatic N) is 1. The molecule has 5 nitrogen and oxygen atoms in total. The molecule has 0 atom stereocenters. The van der Waals surface area contributed by atoms with Gasteiger partial charge in [0.2, 0.25) is 0 Å². The first-order chi connectivity index (χ1) is 11.5. The van der Waals surface area contributed by atoms with E-state index < -0.39 is 5.91 Å². The van der Waals surface area contributed by atoms with Crippen molar-refractivity contribution < 1.29 is 18.8 Å². The minimum atomic E-state index is -0.407. The molecule has 1 aliphatic heterocycles. The molecule has 2 aromatic carbocycles. The summed E-state index contributed by atoms with van der Waals surface area (Å²) in [6.45, 7) is 0.383. The monoisotopic (exact) mass is 326 g/mol. The molecule has 3 amide bonds. The fraction of sp³-hybridized carbons (Fsp3) is 0.167. The lowest BCUT2D eigenvalue weighted by Crippen LogP contribution is -2.26. The Morgan fingerprint density at radius 1 is 1.04 bits per heavy atom. The Balaban J connectivity index is 1.65. The van der Waals surface area contributed by atoms with Gasteiger partial charge < -0.3 is 5.32 Å². The Bertz CT molecular complexity index is 831. The highest BCUT2D eigenvalue weighted by atomic mass is 19.1. The van der Waals surface area contributed by atoms with Gasteiger partial charge in [-0.15, -0.1) is 0 Å². The summed E-state index contributed by atoms with van der Waals surface area (Å²) >= 11 is 0. The number of carbonyl (C=O) groups excluding carboxylic acids is 3. The molecule has 0 unspecified atom stereocenters. The van der Waals surface area contributed by atoms with E-state index in [1.165, 1.54) is 37.4 Å². The van der Waals surface area contributed by atoms with E-state index in [-0.39, 0.29) is 23.2 Å². The van der Waals surface area contributed by atoms with Gasteiger partial charge in [0.1, 0.15) is 5.82 Å². The summed E-state index contributed by atoms with van der Waals surface area (Å²) in [6, 6.07) is 10.5. The van der Waals surface area contributed by atoms with Crippen LogP contribution in [-0.4, -0.2) is 36.2 Å². The van der Waals surface area contributed by atoms with E-state index in [2.05, 4.69) is 5.32 Å². The molecule has 1 N–H and O–H groups in total. The molecule has 0 bridgehead atoms. The maximum absolute atomic E-state index is 12.8. The molecular weight excluding hydrogens is 311 g/mol. The van der Waals surface area contributed by atoms with Crippen LogP contribution in [0.5, 0.6) is 0 Å². The second kappa shape index (κ2) is 6.23. The minimum absolute atomic E-state index is 0.244. The van der Waals surface area contributed by atoms with Crippen LogP contribution in [0.3, 0.4) is 0 Å². The SMILES string of the molecule is CN1C(=O)c2ccc(C(=O)NCCc3ccc(F)cc3)cc2C1=O. The van der Waals surface area contributed by atoms with Crippen LogP contribution in [0.1, 0.15) is 36.6 Å². The maximum Gasteiger partial charge on any atom is 0.261 e. The molecule has 0 aliphatic carbocycles. The van der Waals surface area contributed by atoms with E-state index in [4.69, 9.17) is 0 Å². The first-order valence-corrected chi connectivity index (χ1v) is 7.46. The topological polar surface area (TPSA) is 66.5 Å². The highest BCUT2D eigenvalue weighted by Crippen LogP contribution is 2.22. The van der Waals surface area contributed by atoms with Crippen LogP contribution >= 0.6 is 0 Å². The van der Waals surface area contributed by atoms with Crippen molar-refractivity contribution in [2.75, 3.05) is 13.6 Å². The number of halogens is 1. The number of hydrogen-bond donors (Lipinski definition) is 1. The average molecular weight is 326 g/mol. The number of imide groups is 1. The van der Waals surface area contributed by atoms with E-state index in [0.717, 1.165) is 10.5 Å². The molecular formula is C18H15FN2O3. The normalized spacial score (nSPS) is 13.2. The van der Waals surface area contributed by atoms with Gasteiger partial charge in [-0.05, 0) is 42.3 Å². The van der Waals surface area contributed by atoms with Crippen LogP contribution in [-0.2, 0) is 6.42 Å². The molecule has 0 aromatic heterocycles. The Hall–Kier alpha value is -3.02. The van der Waals surface area contributed by atoms with Crippen molar-refractivity contribution in [3.05, 3.63) is 70.5 Å². The third-order valence-electron chi connectivity index (χ3n) is 3.96. The average Bonchev–Trinajstić information content (AvgIpc) is 2.81. The van der Waals surface area contributed by atoms with E-state index in [1.807, 2.05) is 0 Å². The lowest BCUT2D eigenvalue weighted by Gasteiger charge is -2.06. The smallest absolute Gasteiger partial charge is 0.261 e. The molecule has 24 heavy (non-hydrogen) atoms. The van der Waals surface area contributed by atoms with Crippen molar-refractivity contribution in [2.24, 2.45) is 0 Å². The van der Waals surface area contributed by atoms with Gasteiger partial charge in [-0.25, -0.2) is 4.39 Å². The number of nitrogens with one attached hydrogen (secondary N) is 1. The second-order valence-electron chi connectivity index (χ2n) is 5.56. The van der Waals surface area contributed by atoms with Gasteiger partial charge in [0, 0.05) is 19.2 Å². The third-order valence-corrected chi connectivity index (χ3v) is 3.96. The van der Waals surface area contributed by atoms with Crippen molar-refractivity contribution in [3.8, 4) is 0 Å². The van der Waals surface area contributed by atoms with Crippen molar-refractivity contribution in [1.82, 2.24) is 10.2 Å². The largest absolute Gasteiger partial charge is 0.352 e. The van der Waals surface area contributed by atoms with E-state index in [0.29, 0.717) is 24.1 Å². The van der Waals surface area contributed by atoms with Gasteiger partial charge in [-0.2, -0.15) is 0 Å². The van der Waals surface area contributed by atoms with Crippen LogP contribution in [0.15, 0.2) is 42.5 Å². The molecule has 3 rings (SSSR count). The maximum atomic E-state index is 12.8. The van der Waals surface area contributed by atoms with Crippen molar-refractivity contribution >= 4 is 17.7 Å². The third kappa shape index (κ3) is 2.90. The fourth-order valence-electron chi connectivity index (χ4n) is 2.58. The summed E-state index contributed by atoms with van der Waals surface area (Å²) < 4.78 is 12.8. The fourth-order valence-corrected chi connectivity index (χ4v) is 2.58. The number of amides is 3. The quantitative estimate of drug-likeness (QED) is 0.874. The van der Waals surface area contributed by atoms with Gasteiger partial charge in [0.25, 0.3) is 17.7 Å². The van der Waals surface area contributed by atoms with Crippen LogP contribution in [0.2, 0.25) is 0 Å². The summed E-state index contributed by atoms with van der Waals surface area (Å²) in [5.74, 6) is -1.39. The van der Waals surface area contributed by atoms with Gasteiger partial charge in [-0.1, -0.05) is 12.1 Å². The molecule has 0 saturated heterocycles. The summed E-state index contributed by atoms with van der Waals surface area (Å²) in [5.41, 5.74) is 1.79. The predicted molar refractivity (Wildman–Crippen MR) is 85.3 cm³/mol. The molecule has 1 aliphatic rings. The first-order valence-electron chi connectivity index (χ1n) is 7.46. The molecule has 6 heteroatoms. The first kappa shape index (κ1) is 15.9. The second-order valence-corrected chi connectivity index (χ2v) is 5.56. The molecule has 1 heterocycles. The molecule has 0 spiro atoms. The zero-order chi connectivity index (χ0) is 17.3. The molecule has 2 aromatic rings. The molecule has 122 valence electrons. The van der Waals surface area contributed by atoms with Gasteiger partial charge in [-0.3, -0.25) is 19.3 Å². The Morgan fingerprint density at radius 2 is 1.71 bits per heavy atom. The van der Waals surface area contributed by atoms with Crippen molar-refractivity contribution in [3.63, 3.8) is 0 Å². The number of carbonyl (C=O) groups is 3. The highest BCUT2D eigenvalue weighted by molar-refractivity contribution is 6.21. The van der Waals surface area contributed by atoms with Crippen molar-refractivity contribution in [1.29, 1.82) is 0 Å². The summed E-state index contributed by atoms with van der Waals surface area (Å²) in [4.78, 5) is 37.0. The van der Waals surface area contributed by atoms with Crippen molar-refractivity contribution in [2.45, 2.75) is 6.42 Å². The summed E-state index contributed by atoms with van der Waals surface area (Å²) in [5, 5.41) is 2.75. The lowest BCUT2D eigenvalue weighted by molar-refractivity contribution is 0.0693. The summed E-state index contributed by atoms with van der Waals surface area (Å²) in [7, 11) is 1.41. The van der Waals surface area contributed by atoms with Gasteiger partial charge in [0.15, 0.2) is 0 Å². The Morgan fingerprint density at radius 3 is 2.42 bits per heavy atom. The Labute approximate surface area is 138 Å². The zero-order valence-corrected chi connectivity index (χ0v) is 13.0. The molecule has 0 radical (unpaired) electrons. The Kier molecular flexibility index (Phi) is 4.12. The molecule has 0 saturated carbocycles. The predicted octanol–water partition coefficient (Wildman–Crippen LogP) is 2.02.